The van der Waals surface area contributed by atoms with Crippen LogP contribution in [-0.2, 0) is 14.3 Å². The molecule has 0 aliphatic carbocycles. The summed E-state index contributed by atoms with van der Waals surface area (Å²) in [5.74, 6) is -0.186. The van der Waals surface area contributed by atoms with E-state index in [2.05, 4.69) is 129 Å². The first-order valence-electron chi connectivity index (χ1n) is 32.8. The summed E-state index contributed by atoms with van der Waals surface area (Å²) in [6.45, 7) is 3.67. The lowest BCUT2D eigenvalue weighted by molar-refractivity contribution is -0.302. The minimum atomic E-state index is -1.57. The number of nitrogens with one attached hydrogen (secondary N) is 1. The van der Waals surface area contributed by atoms with E-state index in [1.807, 2.05) is 6.08 Å². The quantitative estimate of drug-likeness (QED) is 0.0261. The van der Waals surface area contributed by atoms with Crippen LogP contribution in [0, 0.1) is 0 Å². The second kappa shape index (κ2) is 58.8. The number of aliphatic hydroxyl groups is 5. The smallest absolute Gasteiger partial charge is 0.220 e. The summed E-state index contributed by atoms with van der Waals surface area (Å²) in [5, 5.41) is 54.7. The van der Waals surface area contributed by atoms with E-state index in [0.29, 0.717) is 6.42 Å². The highest BCUT2D eigenvalue weighted by Gasteiger charge is 2.44. The number of allylic oxidation sites excluding steroid dienone is 19. The third-order valence-corrected chi connectivity index (χ3v) is 14.8. The van der Waals surface area contributed by atoms with Crippen LogP contribution in [0.25, 0.3) is 0 Å². The number of carbonyl (C=O) groups excluding carboxylic acids is 1. The van der Waals surface area contributed by atoms with Gasteiger partial charge in [-0.1, -0.05) is 289 Å². The fourth-order valence-corrected chi connectivity index (χ4v) is 9.68. The van der Waals surface area contributed by atoms with Crippen LogP contribution >= 0.6 is 0 Å². The van der Waals surface area contributed by atoms with Crippen LogP contribution < -0.4 is 5.32 Å². The summed E-state index contributed by atoms with van der Waals surface area (Å²) in [4.78, 5) is 13.1. The van der Waals surface area contributed by atoms with Crippen LogP contribution in [0.4, 0.5) is 0 Å². The van der Waals surface area contributed by atoms with Crippen molar-refractivity contribution in [3.63, 3.8) is 0 Å². The van der Waals surface area contributed by atoms with Gasteiger partial charge in [0.05, 0.1) is 25.4 Å². The SMILES string of the molecule is CC/C=C\C/C=C\C/C=C\C/C=C\C/C=C\C/C=C\C/C=C\C/C=C\C/C=C\CCCCCCCCCCCC(=O)NC(COC1OC(CO)C(O)C(O)C1O)C(O)/C=C/CCCCCCCCCCCCCCCCCCCC. The predicted molar refractivity (Wildman–Crippen MR) is 340 cm³/mol. The van der Waals surface area contributed by atoms with Gasteiger partial charge in [0.15, 0.2) is 6.29 Å². The molecule has 1 fully saturated rings. The minimum absolute atomic E-state index is 0.186. The Morgan fingerprint density at radius 2 is 0.775 bits per heavy atom. The number of hydrogen-bond donors (Lipinski definition) is 6. The maximum Gasteiger partial charge on any atom is 0.220 e. The monoisotopic (exact) mass is 1120 g/mol. The van der Waals surface area contributed by atoms with E-state index in [1.54, 1.807) is 6.08 Å². The van der Waals surface area contributed by atoms with Crippen LogP contribution in [0.3, 0.4) is 0 Å². The Balaban J connectivity index is 2.18. The summed E-state index contributed by atoms with van der Waals surface area (Å²) < 4.78 is 11.3. The van der Waals surface area contributed by atoms with E-state index in [-0.39, 0.29) is 12.5 Å². The molecule has 0 saturated carbocycles. The van der Waals surface area contributed by atoms with Gasteiger partial charge in [-0.05, 0) is 89.9 Å². The molecule has 0 spiro atoms. The molecule has 458 valence electrons. The Bertz CT molecular complexity index is 1670. The lowest BCUT2D eigenvalue weighted by Gasteiger charge is -2.40. The topological polar surface area (TPSA) is 149 Å². The Labute approximate surface area is 490 Å². The molecule has 1 heterocycles. The number of hydrogen-bond acceptors (Lipinski definition) is 8. The number of unbranched alkanes of at least 4 members (excludes halogenated alkanes) is 27. The molecule has 6 N–H and O–H groups in total. The molecule has 0 radical (unpaired) electrons. The molecule has 0 aromatic heterocycles. The maximum absolute atomic E-state index is 13.1. The zero-order valence-electron chi connectivity index (χ0n) is 51.0. The largest absolute Gasteiger partial charge is 0.394 e. The second-order valence-corrected chi connectivity index (χ2v) is 22.2. The third-order valence-electron chi connectivity index (χ3n) is 14.8. The van der Waals surface area contributed by atoms with E-state index in [1.165, 1.54) is 135 Å². The zero-order chi connectivity index (χ0) is 57.9. The highest BCUT2D eigenvalue weighted by molar-refractivity contribution is 5.76. The van der Waals surface area contributed by atoms with Crippen molar-refractivity contribution in [2.75, 3.05) is 13.2 Å². The number of rotatable bonds is 55. The molecule has 9 nitrogen and oxygen atoms in total. The zero-order valence-corrected chi connectivity index (χ0v) is 51.0. The first kappa shape index (κ1) is 74.6. The van der Waals surface area contributed by atoms with Crippen LogP contribution in [0.5, 0.6) is 0 Å². The molecular formula is C71H121NO8. The van der Waals surface area contributed by atoms with Gasteiger partial charge < -0.3 is 40.3 Å². The first-order chi connectivity index (χ1) is 39.3. The summed E-state index contributed by atoms with van der Waals surface area (Å²) in [6, 6.07) is -0.817. The standard InChI is InChI=1S/C71H121NO8/c1-3-5-7-9-11-13-15-17-19-21-23-25-26-27-28-29-30-31-32-33-34-35-36-37-38-39-40-41-43-45-47-49-51-53-55-57-59-61-67(75)72-64(63-79-71-70(78)69(77)68(76)66(62-73)80-71)65(74)60-58-56-54-52-50-48-46-44-42-24-22-20-18-16-14-12-10-8-6-4-2/h5,7,11,13,17,19,23,25,27-28,30-31,33-34,36-37,39-40,58,60,64-66,68-71,73-74,76-78H,3-4,6,8-10,12,14-16,18,20-22,24,26,29,32,35,38,41-57,59,61-63H2,1-2H3,(H,72,75)/b7-5-,13-11-,19-17-,25-23-,28-27-,31-30-,34-33-,37-36-,40-39-,60-58+. The van der Waals surface area contributed by atoms with Gasteiger partial charge in [0, 0.05) is 6.42 Å². The number of carbonyl (C=O) groups is 1. The maximum atomic E-state index is 13.1. The molecule has 1 saturated heterocycles. The molecule has 0 bridgehead atoms. The summed E-state index contributed by atoms with van der Waals surface area (Å²) in [6.07, 6.45) is 81.3. The van der Waals surface area contributed by atoms with Crippen LogP contribution in [0.1, 0.15) is 264 Å². The van der Waals surface area contributed by atoms with E-state index in [9.17, 15) is 30.3 Å². The third kappa shape index (κ3) is 47.1. The molecule has 7 atom stereocenters. The van der Waals surface area contributed by atoms with Crippen LogP contribution in [-0.4, -0.2) is 87.5 Å². The fourth-order valence-electron chi connectivity index (χ4n) is 9.68. The van der Waals surface area contributed by atoms with Crippen molar-refractivity contribution in [3.05, 3.63) is 122 Å². The lowest BCUT2D eigenvalue weighted by Crippen LogP contribution is -2.60. The van der Waals surface area contributed by atoms with Gasteiger partial charge in [-0.2, -0.15) is 0 Å². The molecule has 1 aliphatic rings. The van der Waals surface area contributed by atoms with Crippen molar-refractivity contribution >= 4 is 5.91 Å². The summed E-state index contributed by atoms with van der Waals surface area (Å²) >= 11 is 0. The fraction of sp³-hybridized carbons (Fsp3) is 0.704. The van der Waals surface area contributed by atoms with Crippen molar-refractivity contribution in [2.24, 2.45) is 0 Å². The van der Waals surface area contributed by atoms with Crippen molar-refractivity contribution in [1.29, 1.82) is 0 Å². The summed E-state index contributed by atoms with van der Waals surface area (Å²) in [7, 11) is 0. The Morgan fingerprint density at radius 1 is 0.438 bits per heavy atom. The molecule has 0 aromatic carbocycles. The Kier molecular flexibility index (Phi) is 54.8. The molecule has 7 unspecified atom stereocenters. The van der Waals surface area contributed by atoms with Gasteiger partial charge in [0.1, 0.15) is 24.4 Å². The Hall–Kier alpha value is -3.41. The van der Waals surface area contributed by atoms with Gasteiger partial charge in [0.2, 0.25) is 5.91 Å². The lowest BCUT2D eigenvalue weighted by atomic mass is 9.99. The molecule has 1 rings (SSSR count). The number of amides is 1. The number of ether oxygens (including phenoxy) is 2. The van der Waals surface area contributed by atoms with Gasteiger partial charge in [0.25, 0.3) is 0 Å². The van der Waals surface area contributed by atoms with Crippen LogP contribution in [0.15, 0.2) is 122 Å². The van der Waals surface area contributed by atoms with E-state index < -0.39 is 49.5 Å². The highest BCUT2D eigenvalue weighted by Crippen LogP contribution is 2.23. The average molecular weight is 1120 g/mol. The summed E-state index contributed by atoms with van der Waals surface area (Å²) in [5.41, 5.74) is 0. The second-order valence-electron chi connectivity index (χ2n) is 22.2. The van der Waals surface area contributed by atoms with Crippen LogP contribution in [0.2, 0.25) is 0 Å². The van der Waals surface area contributed by atoms with Gasteiger partial charge in [-0.25, -0.2) is 0 Å². The molecule has 9 heteroatoms. The van der Waals surface area contributed by atoms with Gasteiger partial charge in [-0.15, -0.1) is 0 Å². The predicted octanol–water partition coefficient (Wildman–Crippen LogP) is 17.5. The van der Waals surface area contributed by atoms with E-state index in [4.69, 9.17) is 9.47 Å². The van der Waals surface area contributed by atoms with Gasteiger partial charge >= 0.3 is 0 Å². The highest BCUT2D eigenvalue weighted by atomic mass is 16.7. The van der Waals surface area contributed by atoms with Crippen molar-refractivity contribution < 1.29 is 39.8 Å². The number of aliphatic hydroxyl groups excluding tert-OH is 5. The van der Waals surface area contributed by atoms with E-state index in [0.717, 1.165) is 109 Å². The molecule has 1 amide bonds. The molecule has 0 aromatic rings. The molecule has 80 heavy (non-hydrogen) atoms. The van der Waals surface area contributed by atoms with E-state index >= 15 is 0 Å². The Morgan fingerprint density at radius 3 is 1.15 bits per heavy atom. The molecular weight excluding hydrogens is 995 g/mol. The normalized spacial score (nSPS) is 19.3. The van der Waals surface area contributed by atoms with Crippen molar-refractivity contribution in [2.45, 2.75) is 307 Å². The average Bonchev–Trinajstić information content (AvgIpc) is 3.46. The van der Waals surface area contributed by atoms with Gasteiger partial charge in [-0.3, -0.25) is 4.79 Å². The first-order valence-corrected chi connectivity index (χ1v) is 32.8. The minimum Gasteiger partial charge on any atom is -0.394 e. The van der Waals surface area contributed by atoms with Crippen molar-refractivity contribution in [1.82, 2.24) is 5.32 Å². The van der Waals surface area contributed by atoms with Crippen molar-refractivity contribution in [3.8, 4) is 0 Å². The molecule has 1 aliphatic heterocycles.